The minimum Gasteiger partial charge on any atom is -0.465 e. The van der Waals surface area contributed by atoms with Crippen LogP contribution in [0.25, 0.3) is 22.3 Å². The topological polar surface area (TPSA) is 83.2 Å². The van der Waals surface area contributed by atoms with Gasteiger partial charge >= 0.3 is 11.7 Å². The van der Waals surface area contributed by atoms with Crippen molar-refractivity contribution in [2.24, 2.45) is 0 Å². The standard InChI is InChI=1S/C23H29N3O4/c1-3-5-6-7-8-11-14-25-19-13-10-9-12-17(19)15-18-21(25)24-23(29)26(22(18)28)16-20(27)30-4-2/h9-10,12-13,15H,3-8,11,14,16H2,1-2H3. The van der Waals surface area contributed by atoms with E-state index in [9.17, 15) is 14.4 Å². The summed E-state index contributed by atoms with van der Waals surface area (Å²) in [4.78, 5) is 41.6. The van der Waals surface area contributed by atoms with E-state index < -0.39 is 23.8 Å². The van der Waals surface area contributed by atoms with E-state index in [-0.39, 0.29) is 6.61 Å². The summed E-state index contributed by atoms with van der Waals surface area (Å²) in [7, 11) is 0. The lowest BCUT2D eigenvalue weighted by atomic mass is 10.1. The minimum absolute atomic E-state index is 0.186. The second-order valence-electron chi connectivity index (χ2n) is 7.45. The molecule has 1 aromatic rings. The van der Waals surface area contributed by atoms with Gasteiger partial charge in [-0.15, -0.1) is 0 Å². The van der Waals surface area contributed by atoms with Gasteiger partial charge in [0.2, 0.25) is 0 Å². The van der Waals surface area contributed by atoms with Crippen molar-refractivity contribution in [3.05, 3.63) is 51.2 Å². The first-order valence-corrected chi connectivity index (χ1v) is 10.8. The molecule has 2 aliphatic heterocycles. The number of rotatable bonds is 10. The zero-order valence-corrected chi connectivity index (χ0v) is 17.7. The molecule has 7 nitrogen and oxygen atoms in total. The molecule has 7 heteroatoms. The highest BCUT2D eigenvalue weighted by Crippen LogP contribution is 2.24. The van der Waals surface area contributed by atoms with Crippen molar-refractivity contribution in [3.63, 3.8) is 0 Å². The summed E-state index contributed by atoms with van der Waals surface area (Å²) >= 11 is 0. The van der Waals surface area contributed by atoms with E-state index in [1.54, 1.807) is 13.0 Å². The number of fused-ring (bicyclic) bond motifs is 2. The number of hydrogen-bond acceptors (Lipinski definition) is 5. The lowest BCUT2D eigenvalue weighted by Crippen LogP contribution is -2.40. The number of ether oxygens (including phenoxy) is 1. The van der Waals surface area contributed by atoms with Crippen LogP contribution in [0.15, 0.2) is 39.9 Å². The third-order valence-electron chi connectivity index (χ3n) is 5.26. The van der Waals surface area contributed by atoms with E-state index >= 15 is 0 Å². The van der Waals surface area contributed by atoms with Crippen LogP contribution in [0, 0.1) is 0 Å². The first-order chi connectivity index (χ1) is 14.6. The summed E-state index contributed by atoms with van der Waals surface area (Å²) < 4.78 is 7.70. The van der Waals surface area contributed by atoms with Gasteiger partial charge in [-0.3, -0.25) is 9.59 Å². The number of aromatic nitrogens is 3. The third-order valence-corrected chi connectivity index (χ3v) is 5.26. The van der Waals surface area contributed by atoms with Gasteiger partial charge in [-0.1, -0.05) is 57.2 Å². The number of esters is 1. The largest absolute Gasteiger partial charge is 0.465 e. The first kappa shape index (κ1) is 21.7. The highest BCUT2D eigenvalue weighted by molar-refractivity contribution is 5.85. The molecule has 0 unspecified atom stereocenters. The highest BCUT2D eigenvalue weighted by Gasteiger charge is 2.21. The summed E-state index contributed by atoms with van der Waals surface area (Å²) in [6, 6.07) is 9.51. The lowest BCUT2D eigenvalue weighted by Gasteiger charge is -2.18. The summed E-state index contributed by atoms with van der Waals surface area (Å²) in [5.41, 5.74) is 0.0321. The van der Waals surface area contributed by atoms with Crippen molar-refractivity contribution >= 4 is 16.9 Å². The van der Waals surface area contributed by atoms with E-state index in [0.29, 0.717) is 17.9 Å². The Hall–Kier alpha value is -2.96. The SMILES string of the molecule is CCCCCCCCn1c2nc(=O)n(CC(=O)OCC)c(=O)c-2cc2ccccc21. The van der Waals surface area contributed by atoms with Gasteiger partial charge in [-0.05, 0) is 30.9 Å². The van der Waals surface area contributed by atoms with Gasteiger partial charge in [0.05, 0.1) is 12.2 Å². The van der Waals surface area contributed by atoms with Crippen LogP contribution in [0.5, 0.6) is 0 Å². The Bertz CT molecular complexity index is 1100. The Morgan fingerprint density at radius 3 is 2.50 bits per heavy atom. The van der Waals surface area contributed by atoms with Gasteiger partial charge in [0.1, 0.15) is 6.54 Å². The molecular formula is C23H29N3O4. The highest BCUT2D eigenvalue weighted by atomic mass is 16.5. The van der Waals surface area contributed by atoms with Gasteiger partial charge < -0.3 is 9.30 Å². The summed E-state index contributed by atoms with van der Waals surface area (Å²) in [6.45, 7) is 4.30. The molecule has 0 aromatic heterocycles. The molecule has 1 aromatic carbocycles. The zero-order chi connectivity index (χ0) is 21.5. The maximum atomic E-state index is 13.0. The molecule has 160 valence electrons. The maximum absolute atomic E-state index is 13.0. The monoisotopic (exact) mass is 411 g/mol. The third kappa shape index (κ3) is 4.78. The fraction of sp³-hybridized carbons (Fsp3) is 0.478. The van der Waals surface area contributed by atoms with Crippen molar-refractivity contribution in [1.29, 1.82) is 0 Å². The molecule has 0 bridgehead atoms. The van der Waals surface area contributed by atoms with Crippen LogP contribution in [0.4, 0.5) is 0 Å². The molecule has 0 saturated heterocycles. The molecule has 0 spiro atoms. The van der Waals surface area contributed by atoms with Crippen LogP contribution in [0.1, 0.15) is 52.4 Å². The van der Waals surface area contributed by atoms with Crippen LogP contribution >= 0.6 is 0 Å². The molecule has 0 fully saturated rings. The Kier molecular flexibility index (Phi) is 7.38. The van der Waals surface area contributed by atoms with Crippen molar-refractivity contribution in [1.82, 2.24) is 14.1 Å². The average molecular weight is 412 g/mol. The predicted molar refractivity (Wildman–Crippen MR) is 117 cm³/mol. The summed E-state index contributed by atoms with van der Waals surface area (Å²) in [5.74, 6) is -0.254. The summed E-state index contributed by atoms with van der Waals surface area (Å²) in [5, 5.41) is 0.899. The number of pyridine rings is 1. The molecule has 0 atom stereocenters. The number of carbonyl (C=O) groups is 1. The molecule has 2 aliphatic rings. The van der Waals surface area contributed by atoms with E-state index in [1.807, 2.05) is 28.8 Å². The van der Waals surface area contributed by atoms with Crippen LogP contribution < -0.4 is 11.2 Å². The van der Waals surface area contributed by atoms with Crippen LogP contribution in [-0.2, 0) is 22.6 Å². The molecule has 0 saturated carbocycles. The van der Waals surface area contributed by atoms with E-state index in [0.717, 1.165) is 28.3 Å². The fourth-order valence-corrected chi connectivity index (χ4v) is 3.75. The van der Waals surface area contributed by atoms with E-state index in [1.165, 1.54) is 25.7 Å². The Labute approximate surface area is 175 Å². The number of aryl methyl sites for hydroxylation is 1. The van der Waals surface area contributed by atoms with Crippen molar-refractivity contribution in [3.8, 4) is 11.4 Å². The van der Waals surface area contributed by atoms with Crippen LogP contribution in [-0.4, -0.2) is 26.7 Å². The predicted octanol–water partition coefficient (Wildman–Crippen LogP) is 3.59. The Morgan fingerprint density at radius 2 is 1.73 bits per heavy atom. The van der Waals surface area contributed by atoms with Crippen LogP contribution in [0.2, 0.25) is 0 Å². The van der Waals surface area contributed by atoms with Gasteiger partial charge in [0.25, 0.3) is 5.56 Å². The number of carbonyl (C=O) groups excluding carboxylic acids is 1. The zero-order valence-electron chi connectivity index (χ0n) is 17.7. The number of hydrogen-bond donors (Lipinski definition) is 0. The molecule has 2 heterocycles. The van der Waals surface area contributed by atoms with Crippen molar-refractivity contribution in [2.75, 3.05) is 6.61 Å². The second kappa shape index (κ2) is 10.2. The number of nitrogens with zero attached hydrogens (tertiary/aromatic N) is 3. The first-order valence-electron chi connectivity index (χ1n) is 10.8. The normalized spacial score (nSPS) is 11.3. The Balaban J connectivity index is 2.02. The lowest BCUT2D eigenvalue weighted by molar-refractivity contribution is -0.143. The number of unbranched alkanes of at least 4 members (excludes halogenated alkanes) is 5. The number of para-hydroxylation sites is 1. The summed E-state index contributed by atoms with van der Waals surface area (Å²) in [6.07, 6.45) is 6.87. The van der Waals surface area contributed by atoms with Gasteiger partial charge in [-0.2, -0.15) is 4.98 Å². The molecule has 3 rings (SSSR count). The molecular weight excluding hydrogens is 382 g/mol. The maximum Gasteiger partial charge on any atom is 0.353 e. The fourth-order valence-electron chi connectivity index (χ4n) is 3.75. The average Bonchev–Trinajstić information content (AvgIpc) is 2.74. The van der Waals surface area contributed by atoms with Gasteiger partial charge in [-0.25, -0.2) is 9.36 Å². The molecule has 0 N–H and O–H groups in total. The van der Waals surface area contributed by atoms with E-state index in [2.05, 4.69) is 11.9 Å². The quantitative estimate of drug-likeness (QED) is 0.289. The molecule has 0 aliphatic carbocycles. The number of benzene rings is 1. The molecule has 0 radical (unpaired) electrons. The molecule has 0 amide bonds. The smallest absolute Gasteiger partial charge is 0.353 e. The van der Waals surface area contributed by atoms with Gasteiger partial charge in [0.15, 0.2) is 5.82 Å². The minimum atomic E-state index is -0.729. The van der Waals surface area contributed by atoms with Gasteiger partial charge in [0, 0.05) is 12.1 Å². The van der Waals surface area contributed by atoms with Crippen LogP contribution in [0.3, 0.4) is 0 Å². The molecule has 30 heavy (non-hydrogen) atoms. The van der Waals surface area contributed by atoms with E-state index in [4.69, 9.17) is 4.74 Å². The second-order valence-corrected chi connectivity index (χ2v) is 7.45. The van der Waals surface area contributed by atoms with Crippen molar-refractivity contribution < 1.29 is 9.53 Å². The Morgan fingerprint density at radius 1 is 1.00 bits per heavy atom. The van der Waals surface area contributed by atoms with Crippen molar-refractivity contribution in [2.45, 2.75) is 65.5 Å².